The number of aromatic amines is 1. The van der Waals surface area contributed by atoms with Crippen molar-refractivity contribution in [1.29, 1.82) is 0 Å². The van der Waals surface area contributed by atoms with Gasteiger partial charge in [-0.3, -0.25) is 0 Å². The molecule has 0 radical (unpaired) electrons. The molecule has 0 saturated carbocycles. The number of nitrogens with zero attached hydrogens (tertiary/aromatic N) is 4. The summed E-state index contributed by atoms with van der Waals surface area (Å²) < 4.78 is 0. The van der Waals surface area contributed by atoms with Gasteiger partial charge in [0.2, 0.25) is 5.95 Å². The van der Waals surface area contributed by atoms with Crippen LogP contribution >= 0.6 is 0 Å². The molecule has 7 heteroatoms. The summed E-state index contributed by atoms with van der Waals surface area (Å²) in [5, 5.41) is 6.44. The van der Waals surface area contributed by atoms with Crippen LogP contribution in [0, 0.1) is 0 Å². The molecule has 3 rings (SSSR count). The molecule has 1 atom stereocenters. The van der Waals surface area contributed by atoms with Crippen molar-refractivity contribution < 1.29 is 0 Å². The van der Waals surface area contributed by atoms with E-state index < -0.39 is 0 Å². The van der Waals surface area contributed by atoms with Crippen molar-refractivity contribution in [1.82, 2.24) is 24.8 Å². The zero-order valence-corrected chi connectivity index (χ0v) is 12.0. The molecular formula is C13H21N7. The number of likely N-dealkylation sites (tertiary alicyclic amines) is 1. The molecule has 7 nitrogen and oxygen atoms in total. The zero-order chi connectivity index (χ0) is 13.9. The summed E-state index contributed by atoms with van der Waals surface area (Å²) in [5.74, 6) is 1.39. The Morgan fingerprint density at radius 3 is 2.90 bits per heavy atom. The summed E-state index contributed by atoms with van der Waals surface area (Å²) in [5.41, 5.74) is 1.54. The largest absolute Gasteiger partial charge is 0.364 e. The first-order valence-corrected chi connectivity index (χ1v) is 7.14. The van der Waals surface area contributed by atoms with E-state index in [1.54, 1.807) is 6.33 Å². The van der Waals surface area contributed by atoms with Crippen LogP contribution in [0.15, 0.2) is 6.33 Å². The zero-order valence-electron chi connectivity index (χ0n) is 12.0. The summed E-state index contributed by atoms with van der Waals surface area (Å²) in [6.07, 6.45) is 4.28. The smallest absolute Gasteiger partial charge is 0.226 e. The maximum atomic E-state index is 4.48. The van der Waals surface area contributed by atoms with Crippen molar-refractivity contribution in [3.63, 3.8) is 0 Å². The van der Waals surface area contributed by atoms with E-state index >= 15 is 0 Å². The van der Waals surface area contributed by atoms with Crippen LogP contribution in [-0.2, 0) is 0 Å². The first-order chi connectivity index (χ1) is 9.76. The second-order valence-electron chi connectivity index (χ2n) is 5.30. The number of hydrogen-bond acceptors (Lipinski definition) is 6. The van der Waals surface area contributed by atoms with Crippen LogP contribution in [-0.4, -0.2) is 57.6 Å². The normalized spacial score (nSPS) is 17.5. The molecule has 3 N–H and O–H groups in total. The van der Waals surface area contributed by atoms with E-state index in [0.717, 1.165) is 17.9 Å². The van der Waals surface area contributed by atoms with Crippen LogP contribution in [0.3, 0.4) is 0 Å². The Kier molecular flexibility index (Phi) is 3.68. The van der Waals surface area contributed by atoms with Gasteiger partial charge in [0.25, 0.3) is 0 Å². The van der Waals surface area contributed by atoms with E-state index in [0.29, 0.717) is 17.6 Å². The lowest BCUT2D eigenvalue weighted by Crippen LogP contribution is -2.33. The summed E-state index contributed by atoms with van der Waals surface area (Å²) >= 11 is 0. The Morgan fingerprint density at radius 2 is 2.15 bits per heavy atom. The van der Waals surface area contributed by atoms with Gasteiger partial charge in [0, 0.05) is 19.6 Å². The lowest BCUT2D eigenvalue weighted by molar-refractivity contribution is 0.327. The third-order valence-corrected chi connectivity index (χ3v) is 3.62. The Hall–Kier alpha value is -1.89. The third-order valence-electron chi connectivity index (χ3n) is 3.62. The fraction of sp³-hybridized carbons (Fsp3) is 0.615. The summed E-state index contributed by atoms with van der Waals surface area (Å²) in [4.78, 5) is 18.6. The van der Waals surface area contributed by atoms with Crippen molar-refractivity contribution in [2.75, 3.05) is 37.3 Å². The Labute approximate surface area is 118 Å². The van der Waals surface area contributed by atoms with Gasteiger partial charge in [0.1, 0.15) is 5.52 Å². The maximum absolute atomic E-state index is 4.48. The number of nitrogens with one attached hydrogen (secondary N) is 3. The van der Waals surface area contributed by atoms with E-state index in [2.05, 4.69) is 42.4 Å². The molecule has 0 bridgehead atoms. The van der Waals surface area contributed by atoms with Crippen molar-refractivity contribution >= 4 is 22.9 Å². The average molecular weight is 275 g/mol. The highest BCUT2D eigenvalue weighted by molar-refractivity contribution is 5.83. The Bertz CT molecular complexity index is 573. The molecule has 0 aromatic carbocycles. The molecule has 1 aliphatic heterocycles. The molecule has 3 heterocycles. The molecule has 1 aliphatic rings. The number of anilines is 2. The molecule has 20 heavy (non-hydrogen) atoms. The standard InChI is InChI=1S/C13H21N7/c1-9(7-20-5-3-4-6-20)17-12-10-11(16-8-15-10)18-13(14-2)19-12/h8-9H,3-7H2,1-2H3,(H3,14,15,16,17,18,19). The number of H-pyrrole nitrogens is 1. The second kappa shape index (κ2) is 5.62. The topological polar surface area (TPSA) is 81.8 Å². The number of aromatic nitrogens is 4. The van der Waals surface area contributed by atoms with Crippen molar-refractivity contribution in [2.45, 2.75) is 25.8 Å². The summed E-state index contributed by atoms with van der Waals surface area (Å²) in [6, 6.07) is 0.333. The highest BCUT2D eigenvalue weighted by Gasteiger charge is 2.16. The molecule has 0 amide bonds. The van der Waals surface area contributed by atoms with Crippen LogP contribution in [0.5, 0.6) is 0 Å². The van der Waals surface area contributed by atoms with Crippen LogP contribution < -0.4 is 10.6 Å². The number of fused-ring (bicyclic) bond motifs is 1. The third kappa shape index (κ3) is 2.67. The molecule has 0 spiro atoms. The minimum Gasteiger partial charge on any atom is -0.364 e. The summed E-state index contributed by atoms with van der Waals surface area (Å²) in [6.45, 7) is 5.63. The van der Waals surface area contributed by atoms with E-state index in [9.17, 15) is 0 Å². The van der Waals surface area contributed by atoms with E-state index in [4.69, 9.17) is 0 Å². The first-order valence-electron chi connectivity index (χ1n) is 7.14. The number of hydrogen-bond donors (Lipinski definition) is 3. The van der Waals surface area contributed by atoms with Crippen molar-refractivity contribution in [3.05, 3.63) is 6.33 Å². The molecule has 1 fully saturated rings. The van der Waals surface area contributed by atoms with E-state index in [-0.39, 0.29) is 0 Å². The predicted octanol–water partition coefficient (Wildman–Crippen LogP) is 1.29. The molecule has 1 saturated heterocycles. The SMILES string of the molecule is CNc1nc(NC(C)CN2CCCC2)c2[nH]cnc2n1. The highest BCUT2D eigenvalue weighted by Crippen LogP contribution is 2.19. The maximum Gasteiger partial charge on any atom is 0.226 e. The molecule has 1 unspecified atom stereocenters. The summed E-state index contributed by atoms with van der Waals surface area (Å²) in [7, 11) is 1.81. The number of imidazole rings is 1. The average Bonchev–Trinajstić information content (AvgIpc) is 3.09. The fourth-order valence-electron chi connectivity index (χ4n) is 2.68. The lowest BCUT2D eigenvalue weighted by atomic mass is 10.3. The van der Waals surface area contributed by atoms with Crippen LogP contribution in [0.25, 0.3) is 11.2 Å². The molecule has 108 valence electrons. The quantitative estimate of drug-likeness (QED) is 0.763. The van der Waals surface area contributed by atoms with Gasteiger partial charge in [0.05, 0.1) is 6.33 Å². The molecular weight excluding hydrogens is 254 g/mol. The van der Waals surface area contributed by atoms with Crippen molar-refractivity contribution in [2.24, 2.45) is 0 Å². The van der Waals surface area contributed by atoms with E-state index in [1.165, 1.54) is 25.9 Å². The molecule has 0 aliphatic carbocycles. The van der Waals surface area contributed by atoms with Gasteiger partial charge in [-0.2, -0.15) is 9.97 Å². The van der Waals surface area contributed by atoms with E-state index in [1.807, 2.05) is 7.05 Å². The minimum atomic E-state index is 0.333. The number of rotatable bonds is 5. The molecule has 2 aromatic heterocycles. The van der Waals surface area contributed by atoms with Crippen LogP contribution in [0.4, 0.5) is 11.8 Å². The second-order valence-corrected chi connectivity index (χ2v) is 5.30. The first kappa shape index (κ1) is 13.1. The Morgan fingerprint density at radius 1 is 1.35 bits per heavy atom. The van der Waals surface area contributed by atoms with Crippen LogP contribution in [0.1, 0.15) is 19.8 Å². The lowest BCUT2D eigenvalue weighted by Gasteiger charge is -2.21. The van der Waals surface area contributed by atoms with Gasteiger partial charge in [-0.1, -0.05) is 0 Å². The van der Waals surface area contributed by atoms with Gasteiger partial charge in [-0.05, 0) is 32.9 Å². The van der Waals surface area contributed by atoms with Crippen LogP contribution in [0.2, 0.25) is 0 Å². The predicted molar refractivity (Wildman–Crippen MR) is 80.0 cm³/mol. The van der Waals surface area contributed by atoms with Crippen molar-refractivity contribution in [3.8, 4) is 0 Å². The molecule has 2 aromatic rings. The van der Waals surface area contributed by atoms with Gasteiger partial charge in [-0.15, -0.1) is 0 Å². The minimum absolute atomic E-state index is 0.333. The van der Waals surface area contributed by atoms with Gasteiger partial charge in [0.15, 0.2) is 11.5 Å². The monoisotopic (exact) mass is 275 g/mol. The van der Waals surface area contributed by atoms with Gasteiger partial charge >= 0.3 is 0 Å². The highest BCUT2D eigenvalue weighted by atomic mass is 15.2. The Balaban J connectivity index is 1.76. The van der Waals surface area contributed by atoms with Gasteiger partial charge in [-0.25, -0.2) is 4.98 Å². The van der Waals surface area contributed by atoms with Gasteiger partial charge < -0.3 is 20.5 Å². The fourth-order valence-corrected chi connectivity index (χ4v) is 2.68.